The second-order valence-corrected chi connectivity index (χ2v) is 6.06. The highest BCUT2D eigenvalue weighted by Gasteiger charge is 2.07. The van der Waals surface area contributed by atoms with Gasteiger partial charge < -0.3 is 9.88 Å². The molecule has 6 heteroatoms. The number of hydroxylamine groups is 1. The van der Waals surface area contributed by atoms with Crippen LogP contribution in [0, 0.1) is 0 Å². The van der Waals surface area contributed by atoms with Gasteiger partial charge in [0.2, 0.25) is 0 Å². The van der Waals surface area contributed by atoms with E-state index >= 15 is 0 Å². The molecule has 3 N–H and O–H groups in total. The first-order valence-corrected chi connectivity index (χ1v) is 8.49. The molecule has 0 bridgehead atoms. The molecule has 0 saturated heterocycles. The van der Waals surface area contributed by atoms with Crippen molar-refractivity contribution < 1.29 is 10.0 Å². The fraction of sp³-hybridized carbons (Fsp3) is 0.200. The molecule has 0 aliphatic rings. The van der Waals surface area contributed by atoms with E-state index in [9.17, 15) is 4.79 Å². The third-order valence-electron chi connectivity index (χ3n) is 4.23. The normalized spacial score (nSPS) is 11.3. The van der Waals surface area contributed by atoms with Crippen molar-refractivity contribution in [2.45, 2.75) is 13.0 Å². The number of fused-ring (bicyclic) bond motifs is 1. The molecule has 0 aliphatic heterocycles. The smallest absolute Gasteiger partial charge is 0.267 e. The Morgan fingerprint density at radius 2 is 2.04 bits per heavy atom. The van der Waals surface area contributed by atoms with Crippen LogP contribution in [0.15, 0.2) is 54.6 Å². The van der Waals surface area contributed by atoms with E-state index < -0.39 is 5.91 Å². The summed E-state index contributed by atoms with van der Waals surface area (Å²) in [4.78, 5) is 15.8. The Balaban J connectivity index is 1.64. The van der Waals surface area contributed by atoms with Crippen LogP contribution in [0.1, 0.15) is 17.0 Å². The van der Waals surface area contributed by atoms with Gasteiger partial charge in [-0.15, -0.1) is 0 Å². The van der Waals surface area contributed by atoms with Crippen LogP contribution in [-0.4, -0.2) is 27.2 Å². The largest absolute Gasteiger partial charge is 0.331 e. The van der Waals surface area contributed by atoms with Crippen molar-refractivity contribution in [3.63, 3.8) is 0 Å². The molecule has 0 spiro atoms. The molecule has 0 radical (unpaired) electrons. The van der Waals surface area contributed by atoms with Crippen molar-refractivity contribution in [2.24, 2.45) is 7.05 Å². The predicted octanol–water partition coefficient (Wildman–Crippen LogP) is 2.42. The lowest BCUT2D eigenvalue weighted by Crippen LogP contribution is -2.18. The summed E-state index contributed by atoms with van der Waals surface area (Å²) in [6.07, 6.45) is 3.75. The number of nitrogens with one attached hydrogen (secondary N) is 2. The molecule has 1 heterocycles. The lowest BCUT2D eigenvalue weighted by molar-refractivity contribution is -0.124. The zero-order valence-corrected chi connectivity index (χ0v) is 14.6. The van der Waals surface area contributed by atoms with Gasteiger partial charge in [-0.05, 0) is 29.3 Å². The fourth-order valence-electron chi connectivity index (χ4n) is 2.83. The van der Waals surface area contributed by atoms with Crippen LogP contribution in [-0.2, 0) is 24.8 Å². The van der Waals surface area contributed by atoms with Gasteiger partial charge in [0.1, 0.15) is 5.82 Å². The summed E-state index contributed by atoms with van der Waals surface area (Å²) in [5.41, 5.74) is 5.63. The highest BCUT2D eigenvalue weighted by molar-refractivity contribution is 5.91. The number of aryl methyl sites for hydroxylation is 1. The monoisotopic (exact) mass is 350 g/mol. The maximum Gasteiger partial charge on any atom is 0.267 e. The molecule has 3 rings (SSSR count). The van der Waals surface area contributed by atoms with Crippen LogP contribution in [0.25, 0.3) is 17.1 Å². The Bertz CT molecular complexity index is 916. The standard InChI is InChI=1S/C20H22N4O2/c1-24-18-9-7-15(8-10-20(25)23-26)13-17(18)22-19(24)11-12-21-14-16-5-3-2-4-6-16/h2-10,13,21,26H,11-12,14H2,1H3,(H,23,25)/b10-8+. The number of hydrogen-bond donors (Lipinski definition) is 3. The molecule has 0 aliphatic carbocycles. The van der Waals surface area contributed by atoms with Gasteiger partial charge in [-0.3, -0.25) is 10.0 Å². The SMILES string of the molecule is Cn1c(CCNCc2ccccc2)nc2cc(/C=C/C(=O)NO)ccc21. The van der Waals surface area contributed by atoms with E-state index in [-0.39, 0.29) is 0 Å². The summed E-state index contributed by atoms with van der Waals surface area (Å²) in [7, 11) is 2.01. The summed E-state index contributed by atoms with van der Waals surface area (Å²) in [6, 6.07) is 16.1. The number of nitrogens with zero attached hydrogens (tertiary/aromatic N) is 2. The first-order chi connectivity index (χ1) is 12.7. The first kappa shape index (κ1) is 17.8. The van der Waals surface area contributed by atoms with E-state index in [1.54, 1.807) is 11.6 Å². The number of rotatable bonds is 7. The molecule has 0 fully saturated rings. The van der Waals surface area contributed by atoms with Gasteiger partial charge >= 0.3 is 0 Å². The number of carbonyl (C=O) groups is 1. The molecule has 134 valence electrons. The Kier molecular flexibility index (Phi) is 5.78. The quantitative estimate of drug-likeness (QED) is 0.265. The Hall–Kier alpha value is -2.96. The van der Waals surface area contributed by atoms with Crippen LogP contribution in [0.3, 0.4) is 0 Å². The van der Waals surface area contributed by atoms with Crippen molar-refractivity contribution in [1.29, 1.82) is 0 Å². The van der Waals surface area contributed by atoms with Crippen LogP contribution in [0.5, 0.6) is 0 Å². The molecule has 26 heavy (non-hydrogen) atoms. The number of imidazole rings is 1. The zero-order valence-electron chi connectivity index (χ0n) is 14.6. The van der Waals surface area contributed by atoms with Crippen molar-refractivity contribution in [2.75, 3.05) is 6.54 Å². The topological polar surface area (TPSA) is 79.2 Å². The molecule has 3 aromatic rings. The maximum absolute atomic E-state index is 11.1. The summed E-state index contributed by atoms with van der Waals surface area (Å²) < 4.78 is 2.09. The molecule has 1 amide bonds. The molecular formula is C20H22N4O2. The lowest BCUT2D eigenvalue weighted by Gasteiger charge is -2.05. The summed E-state index contributed by atoms with van der Waals surface area (Å²) in [5, 5.41) is 12.0. The Labute approximate surface area is 152 Å². The van der Waals surface area contributed by atoms with E-state index in [0.717, 1.165) is 41.9 Å². The van der Waals surface area contributed by atoms with Crippen molar-refractivity contribution in [3.05, 3.63) is 71.6 Å². The second kappa shape index (κ2) is 8.42. The van der Waals surface area contributed by atoms with Crippen LogP contribution in [0.2, 0.25) is 0 Å². The number of benzene rings is 2. The second-order valence-electron chi connectivity index (χ2n) is 6.06. The number of aromatic nitrogens is 2. The van der Waals surface area contributed by atoms with Crippen LogP contribution in [0.4, 0.5) is 0 Å². The average Bonchev–Trinajstić information content (AvgIpc) is 2.99. The summed E-state index contributed by atoms with van der Waals surface area (Å²) in [5.74, 6) is 0.450. The third kappa shape index (κ3) is 4.36. The lowest BCUT2D eigenvalue weighted by atomic mass is 10.2. The van der Waals surface area contributed by atoms with Gasteiger partial charge in [0, 0.05) is 32.6 Å². The molecule has 1 aromatic heterocycles. The molecule has 6 nitrogen and oxygen atoms in total. The number of amides is 1. The Morgan fingerprint density at radius 1 is 1.23 bits per heavy atom. The highest BCUT2D eigenvalue weighted by Crippen LogP contribution is 2.18. The van der Waals surface area contributed by atoms with Gasteiger partial charge in [-0.25, -0.2) is 10.5 Å². The van der Waals surface area contributed by atoms with E-state index in [0.29, 0.717) is 0 Å². The number of hydrogen-bond acceptors (Lipinski definition) is 4. The minimum absolute atomic E-state index is 0.559. The highest BCUT2D eigenvalue weighted by atomic mass is 16.5. The van der Waals surface area contributed by atoms with Gasteiger partial charge in [0.05, 0.1) is 11.0 Å². The van der Waals surface area contributed by atoms with Crippen LogP contribution < -0.4 is 10.8 Å². The molecule has 0 saturated carbocycles. The van der Waals surface area contributed by atoms with E-state index in [1.807, 2.05) is 43.4 Å². The van der Waals surface area contributed by atoms with Gasteiger partial charge in [0.15, 0.2) is 0 Å². The fourth-order valence-corrected chi connectivity index (χ4v) is 2.83. The van der Waals surface area contributed by atoms with Gasteiger partial charge in [0.25, 0.3) is 5.91 Å². The first-order valence-electron chi connectivity index (χ1n) is 8.49. The van der Waals surface area contributed by atoms with E-state index in [1.165, 1.54) is 11.6 Å². The molecule has 0 unspecified atom stereocenters. The van der Waals surface area contributed by atoms with E-state index in [2.05, 4.69) is 22.0 Å². The molecule has 0 atom stereocenters. The zero-order chi connectivity index (χ0) is 18.4. The third-order valence-corrected chi connectivity index (χ3v) is 4.23. The molecule has 2 aromatic carbocycles. The minimum atomic E-state index is -0.559. The van der Waals surface area contributed by atoms with Gasteiger partial charge in [-0.2, -0.15) is 0 Å². The number of carbonyl (C=O) groups excluding carboxylic acids is 1. The predicted molar refractivity (Wildman–Crippen MR) is 102 cm³/mol. The van der Waals surface area contributed by atoms with Gasteiger partial charge in [-0.1, -0.05) is 36.4 Å². The average molecular weight is 350 g/mol. The van der Waals surface area contributed by atoms with Crippen LogP contribution >= 0.6 is 0 Å². The maximum atomic E-state index is 11.1. The molecular weight excluding hydrogens is 328 g/mol. The van der Waals surface area contributed by atoms with E-state index in [4.69, 9.17) is 10.2 Å². The summed E-state index contributed by atoms with van der Waals surface area (Å²) >= 11 is 0. The Morgan fingerprint density at radius 3 is 2.81 bits per heavy atom. The summed E-state index contributed by atoms with van der Waals surface area (Å²) in [6.45, 7) is 1.68. The van der Waals surface area contributed by atoms with Crippen molar-refractivity contribution >= 4 is 23.0 Å². The van der Waals surface area contributed by atoms with Crippen molar-refractivity contribution in [3.8, 4) is 0 Å². The van der Waals surface area contributed by atoms with Crippen molar-refractivity contribution in [1.82, 2.24) is 20.3 Å². The minimum Gasteiger partial charge on any atom is -0.331 e.